The Morgan fingerprint density at radius 2 is 1.90 bits per heavy atom. The lowest BCUT2D eigenvalue weighted by Crippen LogP contribution is -2.30. The molecule has 0 unspecified atom stereocenters. The quantitative estimate of drug-likeness (QED) is 0.508. The van der Waals surface area contributed by atoms with Gasteiger partial charge in [-0.05, 0) is 44.5 Å². The molecule has 4 nitrogen and oxygen atoms in total. The minimum Gasteiger partial charge on any atom is -0.463 e. The van der Waals surface area contributed by atoms with Gasteiger partial charge < -0.3 is 10.1 Å². The first-order valence-electron chi connectivity index (χ1n) is 6.28. The Morgan fingerprint density at radius 3 is 2.40 bits per heavy atom. The smallest absolute Gasteiger partial charge is 0.330 e. The summed E-state index contributed by atoms with van der Waals surface area (Å²) in [5.74, 6) is -0.488. The van der Waals surface area contributed by atoms with E-state index in [1.54, 1.807) is 39.0 Å². The summed E-state index contributed by atoms with van der Waals surface area (Å²) in [4.78, 5) is 22.9. The number of alkyl halides is 1. The first kappa shape index (κ1) is 16.4. The Balaban J connectivity index is 2.65. The topological polar surface area (TPSA) is 55.4 Å². The van der Waals surface area contributed by atoms with Gasteiger partial charge in [0, 0.05) is 11.8 Å². The number of carbonyl (C=O) groups is 2. The summed E-state index contributed by atoms with van der Waals surface area (Å²) in [6.45, 7) is 5.67. The molecule has 0 heterocycles. The standard InChI is InChI=1S/C15H18BrNO3/c1-4-20-13(18)10-7-11-5-8-12(9-6-11)17-14(19)15(2,3)16/h5-10H,4H2,1-3H3,(H,17,19)/b10-7+. The normalized spacial score (nSPS) is 11.4. The number of rotatable bonds is 5. The monoisotopic (exact) mass is 339 g/mol. The van der Waals surface area contributed by atoms with E-state index in [0.717, 1.165) is 5.56 Å². The summed E-state index contributed by atoms with van der Waals surface area (Å²) in [6.07, 6.45) is 3.04. The van der Waals surface area contributed by atoms with Crippen LogP contribution in [-0.2, 0) is 14.3 Å². The average molecular weight is 340 g/mol. The molecule has 0 aliphatic carbocycles. The lowest BCUT2D eigenvalue weighted by Gasteiger charge is -2.15. The van der Waals surface area contributed by atoms with E-state index in [4.69, 9.17) is 4.74 Å². The molecular weight excluding hydrogens is 322 g/mol. The number of amides is 1. The van der Waals surface area contributed by atoms with Crippen molar-refractivity contribution < 1.29 is 14.3 Å². The van der Waals surface area contributed by atoms with Crippen LogP contribution in [-0.4, -0.2) is 22.8 Å². The van der Waals surface area contributed by atoms with Crippen molar-refractivity contribution in [2.24, 2.45) is 0 Å². The molecule has 1 aromatic rings. The second-order valence-corrected chi connectivity index (χ2v) is 6.62. The molecule has 1 amide bonds. The first-order valence-corrected chi connectivity index (χ1v) is 7.07. The Bertz CT molecular complexity index is 501. The van der Waals surface area contributed by atoms with E-state index in [0.29, 0.717) is 12.3 Å². The third kappa shape index (κ3) is 5.57. The third-order valence-electron chi connectivity index (χ3n) is 2.41. The Morgan fingerprint density at radius 1 is 1.30 bits per heavy atom. The summed E-state index contributed by atoms with van der Waals surface area (Å²) in [6, 6.07) is 7.18. The SMILES string of the molecule is CCOC(=O)/C=C/c1ccc(NC(=O)C(C)(C)Br)cc1. The molecule has 0 radical (unpaired) electrons. The first-order chi connectivity index (χ1) is 9.32. The molecule has 0 saturated heterocycles. The van der Waals surface area contributed by atoms with Crippen LogP contribution in [0.1, 0.15) is 26.3 Å². The van der Waals surface area contributed by atoms with Crippen LogP contribution in [0.4, 0.5) is 5.69 Å². The molecule has 0 spiro atoms. The Hall–Kier alpha value is -1.62. The molecular formula is C15H18BrNO3. The van der Waals surface area contributed by atoms with Crippen molar-refractivity contribution >= 4 is 39.6 Å². The minimum absolute atomic E-state index is 0.118. The second-order valence-electron chi connectivity index (χ2n) is 4.63. The van der Waals surface area contributed by atoms with E-state index < -0.39 is 4.32 Å². The molecule has 5 heteroatoms. The van der Waals surface area contributed by atoms with Gasteiger partial charge in [-0.2, -0.15) is 0 Å². The molecule has 0 fully saturated rings. The second kappa shape index (κ2) is 7.24. The predicted molar refractivity (Wildman–Crippen MR) is 83.7 cm³/mol. The fourth-order valence-electron chi connectivity index (χ4n) is 1.31. The van der Waals surface area contributed by atoms with Gasteiger partial charge in [0.2, 0.25) is 5.91 Å². The van der Waals surface area contributed by atoms with Gasteiger partial charge in [0.1, 0.15) is 0 Å². The number of carbonyl (C=O) groups excluding carboxylic acids is 2. The van der Waals surface area contributed by atoms with Crippen molar-refractivity contribution in [1.82, 2.24) is 0 Å². The zero-order valence-corrected chi connectivity index (χ0v) is 13.4. The zero-order valence-electron chi connectivity index (χ0n) is 11.8. The third-order valence-corrected chi connectivity index (χ3v) is 2.77. The minimum atomic E-state index is -0.616. The number of ether oxygens (including phenoxy) is 1. The van der Waals surface area contributed by atoms with E-state index in [2.05, 4.69) is 21.2 Å². The van der Waals surface area contributed by atoms with E-state index in [1.165, 1.54) is 6.08 Å². The van der Waals surface area contributed by atoms with Crippen LogP contribution < -0.4 is 5.32 Å². The maximum atomic E-state index is 11.8. The molecule has 20 heavy (non-hydrogen) atoms. The molecule has 0 saturated carbocycles. The Kier molecular flexibility index (Phi) is 5.95. The molecule has 108 valence electrons. The number of anilines is 1. The largest absolute Gasteiger partial charge is 0.463 e. The van der Waals surface area contributed by atoms with Gasteiger partial charge in [0.25, 0.3) is 0 Å². The Labute approximate surface area is 127 Å². The van der Waals surface area contributed by atoms with Crippen LogP contribution >= 0.6 is 15.9 Å². The predicted octanol–water partition coefficient (Wildman–Crippen LogP) is 3.37. The van der Waals surface area contributed by atoms with E-state index in [1.807, 2.05) is 12.1 Å². The highest BCUT2D eigenvalue weighted by Crippen LogP contribution is 2.19. The number of esters is 1. The highest BCUT2D eigenvalue weighted by Gasteiger charge is 2.23. The van der Waals surface area contributed by atoms with E-state index >= 15 is 0 Å². The van der Waals surface area contributed by atoms with Crippen molar-refractivity contribution in [2.75, 3.05) is 11.9 Å². The summed E-state index contributed by atoms with van der Waals surface area (Å²) in [5.41, 5.74) is 1.56. The number of hydrogen-bond acceptors (Lipinski definition) is 3. The number of nitrogens with one attached hydrogen (secondary N) is 1. The van der Waals surface area contributed by atoms with Crippen LogP contribution in [0.25, 0.3) is 6.08 Å². The van der Waals surface area contributed by atoms with Gasteiger partial charge in [0.15, 0.2) is 0 Å². The van der Waals surface area contributed by atoms with Crippen LogP contribution in [0.2, 0.25) is 0 Å². The molecule has 0 atom stereocenters. The average Bonchev–Trinajstić information content (AvgIpc) is 2.37. The molecule has 0 aliphatic rings. The fourth-order valence-corrected chi connectivity index (χ4v) is 1.41. The summed E-state index contributed by atoms with van der Waals surface area (Å²) in [7, 11) is 0. The number of hydrogen-bond donors (Lipinski definition) is 1. The van der Waals surface area contributed by atoms with E-state index in [-0.39, 0.29) is 11.9 Å². The van der Waals surface area contributed by atoms with Gasteiger partial charge in [0.05, 0.1) is 10.9 Å². The van der Waals surface area contributed by atoms with Crippen LogP contribution in [0.3, 0.4) is 0 Å². The van der Waals surface area contributed by atoms with Gasteiger partial charge in [-0.1, -0.05) is 28.1 Å². The van der Waals surface area contributed by atoms with Gasteiger partial charge in [-0.3, -0.25) is 4.79 Å². The molecule has 1 rings (SSSR count). The van der Waals surface area contributed by atoms with Crippen molar-refractivity contribution in [1.29, 1.82) is 0 Å². The van der Waals surface area contributed by atoms with Crippen molar-refractivity contribution in [3.05, 3.63) is 35.9 Å². The maximum absolute atomic E-state index is 11.8. The summed E-state index contributed by atoms with van der Waals surface area (Å²) in [5, 5.41) is 2.79. The number of benzene rings is 1. The van der Waals surface area contributed by atoms with Gasteiger partial charge in [-0.25, -0.2) is 4.79 Å². The molecule has 0 aliphatic heterocycles. The maximum Gasteiger partial charge on any atom is 0.330 e. The number of halogens is 1. The lowest BCUT2D eigenvalue weighted by molar-refractivity contribution is -0.137. The highest BCUT2D eigenvalue weighted by molar-refractivity contribution is 9.10. The van der Waals surface area contributed by atoms with E-state index in [9.17, 15) is 9.59 Å². The van der Waals surface area contributed by atoms with Gasteiger partial charge in [-0.15, -0.1) is 0 Å². The zero-order chi connectivity index (χ0) is 15.2. The lowest BCUT2D eigenvalue weighted by atomic mass is 10.1. The van der Waals surface area contributed by atoms with Crippen LogP contribution in [0.5, 0.6) is 0 Å². The molecule has 0 bridgehead atoms. The van der Waals surface area contributed by atoms with Crippen molar-refractivity contribution in [3.63, 3.8) is 0 Å². The van der Waals surface area contributed by atoms with Crippen LogP contribution in [0.15, 0.2) is 30.3 Å². The highest BCUT2D eigenvalue weighted by atomic mass is 79.9. The van der Waals surface area contributed by atoms with Crippen molar-refractivity contribution in [3.8, 4) is 0 Å². The van der Waals surface area contributed by atoms with Crippen LogP contribution in [0, 0.1) is 0 Å². The van der Waals surface area contributed by atoms with Crippen molar-refractivity contribution in [2.45, 2.75) is 25.1 Å². The molecule has 1 aromatic carbocycles. The summed E-state index contributed by atoms with van der Waals surface area (Å²) < 4.78 is 4.17. The van der Waals surface area contributed by atoms with Gasteiger partial charge >= 0.3 is 5.97 Å². The fraction of sp³-hybridized carbons (Fsp3) is 0.333. The molecule has 0 aromatic heterocycles. The summed E-state index contributed by atoms with van der Waals surface area (Å²) >= 11 is 3.30. The molecule has 1 N–H and O–H groups in total.